The van der Waals surface area contributed by atoms with E-state index >= 15 is 0 Å². The number of nitrogens with one attached hydrogen (secondary N) is 1. The molecule has 4 rings (SSSR count). The number of aromatic nitrogens is 1. The van der Waals surface area contributed by atoms with Gasteiger partial charge in [0.15, 0.2) is 0 Å². The number of carbonyl (C=O) groups excluding carboxylic acids is 1. The lowest BCUT2D eigenvalue weighted by Crippen LogP contribution is -2.35. The number of amides is 1. The molecule has 2 heterocycles. The fraction of sp³-hybridized carbons (Fsp3) is 0.348. The quantitative estimate of drug-likeness (QED) is 0.720. The minimum absolute atomic E-state index is 0.0368. The maximum atomic E-state index is 13.2. The summed E-state index contributed by atoms with van der Waals surface area (Å²) in [6, 6.07) is 12.1. The number of fused-ring (bicyclic) bond motifs is 1. The number of carbonyl (C=O) groups is 1. The highest BCUT2D eigenvalue weighted by atomic mass is 16.3. The van der Waals surface area contributed by atoms with Gasteiger partial charge in [-0.15, -0.1) is 0 Å². The average molecular weight is 362 g/mol. The Hall–Kier alpha value is -2.59. The van der Waals surface area contributed by atoms with Gasteiger partial charge in [0.05, 0.1) is 6.54 Å². The molecule has 4 nitrogen and oxygen atoms in total. The van der Waals surface area contributed by atoms with Crippen LogP contribution in [0, 0.1) is 27.7 Å². The third kappa shape index (κ3) is 2.85. The topological polar surface area (TPSA) is 56.3 Å². The predicted octanol–water partition coefficient (Wildman–Crippen LogP) is 4.14. The highest BCUT2D eigenvalue weighted by molar-refractivity contribution is 6.02. The lowest BCUT2D eigenvalue weighted by Gasteiger charge is -2.25. The van der Waals surface area contributed by atoms with Crippen LogP contribution in [0.2, 0.25) is 0 Å². The van der Waals surface area contributed by atoms with Crippen molar-refractivity contribution < 1.29 is 9.90 Å². The summed E-state index contributed by atoms with van der Waals surface area (Å²) in [5.74, 6) is -0.0368. The molecule has 4 heteroatoms. The molecule has 1 aromatic heterocycles. The first kappa shape index (κ1) is 17.8. The standard InChI is InChI=1S/C23H26N2O2/c1-14-11-16(3)20-18(12-14)17(4)21(24-20)22(26)25-10-9-23(27,13-25)19-8-6-5-7-15(19)2/h5-8,11-12,24,27H,9-10,13H2,1-4H3. The van der Waals surface area contributed by atoms with Gasteiger partial charge in [-0.1, -0.05) is 35.9 Å². The summed E-state index contributed by atoms with van der Waals surface area (Å²) < 4.78 is 0. The molecule has 0 aliphatic carbocycles. The van der Waals surface area contributed by atoms with Gasteiger partial charge in [-0.2, -0.15) is 0 Å². The predicted molar refractivity (Wildman–Crippen MR) is 108 cm³/mol. The minimum atomic E-state index is -0.979. The van der Waals surface area contributed by atoms with E-state index in [0.717, 1.165) is 33.2 Å². The molecule has 1 atom stereocenters. The fourth-order valence-corrected chi connectivity index (χ4v) is 4.44. The lowest BCUT2D eigenvalue weighted by atomic mass is 9.89. The van der Waals surface area contributed by atoms with Crippen molar-refractivity contribution in [2.75, 3.05) is 13.1 Å². The minimum Gasteiger partial charge on any atom is -0.383 e. The summed E-state index contributed by atoms with van der Waals surface area (Å²) in [4.78, 5) is 18.3. The van der Waals surface area contributed by atoms with Gasteiger partial charge >= 0.3 is 0 Å². The monoisotopic (exact) mass is 362 g/mol. The first-order valence-corrected chi connectivity index (χ1v) is 9.47. The van der Waals surface area contributed by atoms with E-state index in [4.69, 9.17) is 0 Å². The van der Waals surface area contributed by atoms with E-state index in [-0.39, 0.29) is 5.91 Å². The smallest absolute Gasteiger partial charge is 0.270 e. The molecule has 1 unspecified atom stereocenters. The van der Waals surface area contributed by atoms with Crippen LogP contribution in [0.25, 0.3) is 10.9 Å². The number of hydrogen-bond donors (Lipinski definition) is 2. The van der Waals surface area contributed by atoms with Crippen molar-refractivity contribution in [2.45, 2.75) is 39.7 Å². The average Bonchev–Trinajstić information content (AvgIpc) is 3.17. The number of likely N-dealkylation sites (tertiary alicyclic amines) is 1. The summed E-state index contributed by atoms with van der Waals surface area (Å²) in [5, 5.41) is 12.3. The van der Waals surface area contributed by atoms with Crippen molar-refractivity contribution in [1.82, 2.24) is 9.88 Å². The first-order chi connectivity index (χ1) is 12.8. The number of benzene rings is 2. The molecular weight excluding hydrogens is 336 g/mol. The van der Waals surface area contributed by atoms with Crippen molar-refractivity contribution >= 4 is 16.8 Å². The van der Waals surface area contributed by atoms with Crippen LogP contribution in [-0.2, 0) is 5.60 Å². The van der Waals surface area contributed by atoms with Gasteiger partial charge in [-0.3, -0.25) is 4.79 Å². The first-order valence-electron chi connectivity index (χ1n) is 9.47. The second-order valence-corrected chi connectivity index (χ2v) is 7.95. The number of hydrogen-bond acceptors (Lipinski definition) is 2. The van der Waals surface area contributed by atoms with E-state index in [0.29, 0.717) is 25.2 Å². The van der Waals surface area contributed by atoms with Crippen LogP contribution in [0.4, 0.5) is 0 Å². The number of aryl methyl sites for hydroxylation is 4. The Balaban J connectivity index is 1.67. The van der Waals surface area contributed by atoms with Crippen molar-refractivity contribution in [3.05, 3.63) is 69.9 Å². The number of aliphatic hydroxyl groups is 1. The number of nitrogens with zero attached hydrogens (tertiary/aromatic N) is 1. The zero-order chi connectivity index (χ0) is 19.3. The summed E-state index contributed by atoms with van der Waals surface area (Å²) >= 11 is 0. The molecule has 0 spiro atoms. The molecule has 1 aliphatic heterocycles. The molecule has 1 saturated heterocycles. The number of β-amino-alcohol motifs (C(OH)–C–C–N with tert-alkyl or cyclic N) is 1. The van der Waals surface area contributed by atoms with Gasteiger partial charge in [-0.25, -0.2) is 0 Å². The van der Waals surface area contributed by atoms with Gasteiger partial charge in [0, 0.05) is 17.4 Å². The third-order valence-corrected chi connectivity index (χ3v) is 5.90. The summed E-state index contributed by atoms with van der Waals surface area (Å²) in [5.41, 5.74) is 5.96. The van der Waals surface area contributed by atoms with Crippen LogP contribution < -0.4 is 0 Å². The van der Waals surface area contributed by atoms with Gasteiger partial charge in [-0.05, 0) is 62.4 Å². The highest BCUT2D eigenvalue weighted by Gasteiger charge is 2.41. The molecule has 3 aromatic rings. The largest absolute Gasteiger partial charge is 0.383 e. The van der Waals surface area contributed by atoms with Crippen LogP contribution >= 0.6 is 0 Å². The zero-order valence-electron chi connectivity index (χ0n) is 16.4. The lowest BCUT2D eigenvalue weighted by molar-refractivity contribution is 0.0411. The van der Waals surface area contributed by atoms with Crippen LogP contribution in [0.5, 0.6) is 0 Å². The summed E-state index contributed by atoms with van der Waals surface area (Å²) in [6.45, 7) is 9.01. The van der Waals surface area contributed by atoms with E-state index in [1.54, 1.807) is 4.90 Å². The Morgan fingerprint density at radius 1 is 1.11 bits per heavy atom. The van der Waals surface area contributed by atoms with Gasteiger partial charge in [0.1, 0.15) is 11.3 Å². The fourth-order valence-electron chi connectivity index (χ4n) is 4.44. The molecule has 0 bridgehead atoms. The van der Waals surface area contributed by atoms with Gasteiger partial charge < -0.3 is 15.0 Å². The Labute approximate surface area is 159 Å². The Morgan fingerprint density at radius 2 is 1.85 bits per heavy atom. The Morgan fingerprint density at radius 3 is 2.59 bits per heavy atom. The van der Waals surface area contributed by atoms with E-state index < -0.39 is 5.60 Å². The zero-order valence-corrected chi connectivity index (χ0v) is 16.4. The number of H-pyrrole nitrogens is 1. The molecular formula is C23H26N2O2. The van der Waals surface area contributed by atoms with Crippen LogP contribution in [0.1, 0.15) is 44.7 Å². The molecule has 1 aliphatic rings. The Bertz CT molecular complexity index is 1050. The van der Waals surface area contributed by atoms with Gasteiger partial charge in [0.25, 0.3) is 5.91 Å². The van der Waals surface area contributed by atoms with E-state index in [1.807, 2.05) is 38.1 Å². The van der Waals surface area contributed by atoms with Crippen LogP contribution in [0.15, 0.2) is 36.4 Å². The molecule has 1 fully saturated rings. The normalized spacial score (nSPS) is 19.8. The molecule has 0 radical (unpaired) electrons. The highest BCUT2D eigenvalue weighted by Crippen LogP contribution is 2.35. The number of rotatable bonds is 2. The van der Waals surface area contributed by atoms with E-state index in [1.165, 1.54) is 5.56 Å². The summed E-state index contributed by atoms with van der Waals surface area (Å²) in [6.07, 6.45) is 0.557. The maximum absolute atomic E-state index is 13.2. The maximum Gasteiger partial charge on any atom is 0.270 e. The molecule has 2 aromatic carbocycles. The second kappa shape index (κ2) is 6.24. The van der Waals surface area contributed by atoms with E-state index in [9.17, 15) is 9.90 Å². The number of aromatic amines is 1. The molecule has 27 heavy (non-hydrogen) atoms. The van der Waals surface area contributed by atoms with Crippen LogP contribution in [-0.4, -0.2) is 34.0 Å². The Kier molecular flexibility index (Phi) is 4.11. The van der Waals surface area contributed by atoms with Crippen molar-refractivity contribution in [1.29, 1.82) is 0 Å². The van der Waals surface area contributed by atoms with Crippen molar-refractivity contribution in [3.8, 4) is 0 Å². The SMILES string of the molecule is Cc1cc(C)c2[nH]c(C(=O)N3CCC(O)(c4ccccc4C)C3)c(C)c2c1. The van der Waals surface area contributed by atoms with Crippen molar-refractivity contribution in [2.24, 2.45) is 0 Å². The second-order valence-electron chi connectivity index (χ2n) is 7.95. The molecule has 1 amide bonds. The van der Waals surface area contributed by atoms with Crippen molar-refractivity contribution in [3.63, 3.8) is 0 Å². The van der Waals surface area contributed by atoms with Gasteiger partial charge in [0.2, 0.25) is 0 Å². The van der Waals surface area contributed by atoms with Crippen LogP contribution in [0.3, 0.4) is 0 Å². The molecule has 0 saturated carbocycles. The van der Waals surface area contributed by atoms with E-state index in [2.05, 4.69) is 31.0 Å². The molecule has 2 N–H and O–H groups in total. The third-order valence-electron chi connectivity index (χ3n) is 5.90. The molecule has 140 valence electrons. The summed E-state index contributed by atoms with van der Waals surface area (Å²) in [7, 11) is 0.